The zero-order valence-electron chi connectivity index (χ0n) is 16.3. The number of hydrogen-bond acceptors (Lipinski definition) is 5. The van der Waals surface area contributed by atoms with E-state index in [0.717, 1.165) is 16.5 Å². The molecule has 0 atom stereocenters. The normalized spacial score (nSPS) is 10.6. The van der Waals surface area contributed by atoms with Gasteiger partial charge in [-0.05, 0) is 35.4 Å². The van der Waals surface area contributed by atoms with Crippen LogP contribution < -0.4 is 20.4 Å². The molecule has 0 aliphatic rings. The monoisotopic (exact) mass is 401 g/mol. The molecule has 4 rings (SSSR count). The topological polar surface area (TPSA) is 77.8 Å². The van der Waals surface area contributed by atoms with Crippen LogP contribution in [0, 0.1) is 0 Å². The summed E-state index contributed by atoms with van der Waals surface area (Å²) in [6.45, 7) is -0.202. The van der Waals surface area contributed by atoms with Gasteiger partial charge in [0.05, 0.1) is 12.8 Å². The second kappa shape index (κ2) is 8.53. The number of rotatable bonds is 6. The van der Waals surface area contributed by atoms with Crippen LogP contribution in [0.2, 0.25) is 0 Å². The lowest BCUT2D eigenvalue weighted by Gasteiger charge is -2.11. The fourth-order valence-corrected chi connectivity index (χ4v) is 3.17. The van der Waals surface area contributed by atoms with Crippen LogP contribution in [0.4, 0.5) is 5.69 Å². The molecule has 0 radical (unpaired) electrons. The van der Waals surface area contributed by atoms with Crippen molar-refractivity contribution in [1.82, 2.24) is 0 Å². The fourth-order valence-electron chi connectivity index (χ4n) is 3.17. The van der Waals surface area contributed by atoms with Crippen LogP contribution >= 0.6 is 0 Å². The number of anilines is 1. The van der Waals surface area contributed by atoms with E-state index in [1.807, 2.05) is 42.5 Å². The van der Waals surface area contributed by atoms with E-state index < -0.39 is 5.63 Å². The van der Waals surface area contributed by atoms with Gasteiger partial charge in [0, 0.05) is 17.5 Å². The smallest absolute Gasteiger partial charge is 0.336 e. The molecule has 150 valence electrons. The van der Waals surface area contributed by atoms with Crippen LogP contribution in [0.1, 0.15) is 0 Å². The first kappa shape index (κ1) is 19.3. The number of amides is 1. The first-order chi connectivity index (χ1) is 14.6. The molecule has 0 bridgehead atoms. The maximum absolute atomic E-state index is 12.2. The van der Waals surface area contributed by atoms with Crippen molar-refractivity contribution in [3.8, 4) is 22.6 Å². The number of hydrogen-bond donors (Lipinski definition) is 1. The lowest BCUT2D eigenvalue weighted by Crippen LogP contribution is -2.20. The van der Waals surface area contributed by atoms with Crippen LogP contribution in [-0.4, -0.2) is 19.6 Å². The average Bonchev–Trinajstić information content (AvgIpc) is 2.78. The Morgan fingerprint density at radius 1 is 0.967 bits per heavy atom. The maximum atomic E-state index is 12.2. The Hall–Kier alpha value is -4.06. The molecule has 1 N–H and O–H groups in total. The standard InChI is InChI=1S/C24H19NO5/c1-28-21-10-6-5-9-20(21)25-23(26)15-29-17-11-12-18-19(16-7-3-2-4-8-16)14-24(27)30-22(18)13-17/h2-14H,15H2,1H3,(H,25,26). The van der Waals surface area contributed by atoms with Crippen LogP contribution in [0.15, 0.2) is 88.1 Å². The van der Waals surface area contributed by atoms with E-state index >= 15 is 0 Å². The lowest BCUT2D eigenvalue weighted by atomic mass is 10.0. The largest absolute Gasteiger partial charge is 0.495 e. The molecule has 0 unspecified atom stereocenters. The highest BCUT2D eigenvalue weighted by Gasteiger charge is 2.11. The molecule has 3 aromatic carbocycles. The van der Waals surface area contributed by atoms with Crippen molar-refractivity contribution in [3.05, 3.63) is 89.3 Å². The third kappa shape index (κ3) is 4.17. The zero-order chi connectivity index (χ0) is 20.9. The molecule has 6 nitrogen and oxygen atoms in total. The van der Waals surface area contributed by atoms with Gasteiger partial charge < -0.3 is 19.2 Å². The van der Waals surface area contributed by atoms with E-state index in [2.05, 4.69) is 5.32 Å². The number of methoxy groups -OCH3 is 1. The van der Waals surface area contributed by atoms with E-state index in [-0.39, 0.29) is 12.5 Å². The number of nitrogens with one attached hydrogen (secondary N) is 1. The average molecular weight is 401 g/mol. The van der Waals surface area contributed by atoms with E-state index in [1.54, 1.807) is 30.3 Å². The summed E-state index contributed by atoms with van der Waals surface area (Å²) in [5.74, 6) is 0.650. The number of para-hydroxylation sites is 2. The van der Waals surface area contributed by atoms with E-state index in [9.17, 15) is 9.59 Å². The minimum Gasteiger partial charge on any atom is -0.495 e. The minimum absolute atomic E-state index is 0.202. The van der Waals surface area contributed by atoms with Crippen molar-refractivity contribution >= 4 is 22.6 Å². The van der Waals surface area contributed by atoms with E-state index in [0.29, 0.717) is 22.8 Å². The second-order valence-electron chi connectivity index (χ2n) is 6.54. The predicted molar refractivity (Wildman–Crippen MR) is 115 cm³/mol. The lowest BCUT2D eigenvalue weighted by molar-refractivity contribution is -0.118. The first-order valence-corrected chi connectivity index (χ1v) is 9.33. The third-order valence-electron chi connectivity index (χ3n) is 4.55. The van der Waals surface area contributed by atoms with Gasteiger partial charge in [0.2, 0.25) is 0 Å². The van der Waals surface area contributed by atoms with Gasteiger partial charge in [-0.25, -0.2) is 4.79 Å². The summed E-state index contributed by atoms with van der Waals surface area (Å²) in [6.07, 6.45) is 0. The molecular formula is C24H19NO5. The molecule has 4 aromatic rings. The molecule has 1 aromatic heterocycles. The fraction of sp³-hybridized carbons (Fsp3) is 0.0833. The van der Waals surface area contributed by atoms with Crippen LogP contribution in [-0.2, 0) is 4.79 Å². The Labute approximate surface area is 172 Å². The molecule has 0 saturated carbocycles. The quantitative estimate of drug-likeness (QED) is 0.482. The predicted octanol–water partition coefficient (Wildman–Crippen LogP) is 4.49. The van der Waals surface area contributed by atoms with Gasteiger partial charge in [0.1, 0.15) is 17.1 Å². The summed E-state index contributed by atoms with van der Waals surface area (Å²) in [7, 11) is 1.54. The third-order valence-corrected chi connectivity index (χ3v) is 4.55. The number of ether oxygens (including phenoxy) is 2. The Bertz CT molecular complexity index is 1250. The maximum Gasteiger partial charge on any atom is 0.336 e. The minimum atomic E-state index is -0.451. The summed E-state index contributed by atoms with van der Waals surface area (Å²) in [5, 5.41) is 3.53. The van der Waals surface area contributed by atoms with Gasteiger partial charge in [-0.3, -0.25) is 4.79 Å². The summed E-state index contributed by atoms with van der Waals surface area (Å²) >= 11 is 0. The van der Waals surface area contributed by atoms with Crippen molar-refractivity contribution in [3.63, 3.8) is 0 Å². The summed E-state index contributed by atoms with van der Waals surface area (Å²) < 4.78 is 16.2. The van der Waals surface area contributed by atoms with Crippen molar-refractivity contribution in [2.24, 2.45) is 0 Å². The van der Waals surface area contributed by atoms with Crippen LogP contribution in [0.5, 0.6) is 11.5 Å². The molecule has 0 aliphatic heterocycles. The van der Waals surface area contributed by atoms with Crippen molar-refractivity contribution in [1.29, 1.82) is 0 Å². The molecule has 6 heteroatoms. The molecule has 0 aliphatic carbocycles. The van der Waals surface area contributed by atoms with Crippen LogP contribution in [0.3, 0.4) is 0 Å². The second-order valence-corrected chi connectivity index (χ2v) is 6.54. The Morgan fingerprint density at radius 2 is 1.73 bits per heavy atom. The Kier molecular flexibility index (Phi) is 5.48. The SMILES string of the molecule is COc1ccccc1NC(=O)COc1ccc2c(-c3ccccc3)cc(=O)oc2c1. The number of benzene rings is 3. The van der Waals surface area contributed by atoms with Crippen molar-refractivity contribution in [2.75, 3.05) is 19.0 Å². The zero-order valence-corrected chi connectivity index (χ0v) is 16.3. The first-order valence-electron chi connectivity index (χ1n) is 9.33. The summed E-state index contributed by atoms with van der Waals surface area (Å²) in [6, 6.07) is 23.4. The number of carbonyl (C=O) groups excluding carboxylic acids is 1. The Balaban J connectivity index is 1.53. The highest BCUT2D eigenvalue weighted by Crippen LogP contribution is 2.29. The molecule has 0 fully saturated rings. The summed E-state index contributed by atoms with van der Waals surface area (Å²) in [4.78, 5) is 24.3. The van der Waals surface area contributed by atoms with Gasteiger partial charge >= 0.3 is 5.63 Å². The Morgan fingerprint density at radius 3 is 2.53 bits per heavy atom. The van der Waals surface area contributed by atoms with Crippen LogP contribution in [0.25, 0.3) is 22.1 Å². The van der Waals surface area contributed by atoms with E-state index in [1.165, 1.54) is 13.2 Å². The molecule has 30 heavy (non-hydrogen) atoms. The number of carbonyl (C=O) groups is 1. The highest BCUT2D eigenvalue weighted by atomic mass is 16.5. The van der Waals surface area contributed by atoms with Crippen molar-refractivity contribution in [2.45, 2.75) is 0 Å². The van der Waals surface area contributed by atoms with Crippen molar-refractivity contribution < 1.29 is 18.7 Å². The van der Waals surface area contributed by atoms with Gasteiger partial charge in [0.15, 0.2) is 6.61 Å². The van der Waals surface area contributed by atoms with Gasteiger partial charge in [-0.1, -0.05) is 42.5 Å². The molecule has 1 heterocycles. The summed E-state index contributed by atoms with van der Waals surface area (Å²) in [5.41, 5.74) is 2.20. The van der Waals surface area contributed by atoms with Gasteiger partial charge in [-0.15, -0.1) is 0 Å². The van der Waals surface area contributed by atoms with E-state index in [4.69, 9.17) is 13.9 Å². The molecule has 0 spiro atoms. The van der Waals surface area contributed by atoms with Gasteiger partial charge in [-0.2, -0.15) is 0 Å². The molecular weight excluding hydrogens is 382 g/mol. The number of fused-ring (bicyclic) bond motifs is 1. The molecule has 0 saturated heterocycles. The molecule has 1 amide bonds. The van der Waals surface area contributed by atoms with Gasteiger partial charge in [0.25, 0.3) is 5.91 Å². The highest BCUT2D eigenvalue weighted by molar-refractivity contribution is 5.94.